The van der Waals surface area contributed by atoms with Gasteiger partial charge in [0.15, 0.2) is 0 Å². The number of fused-ring (bicyclic) bond motifs is 1. The molecule has 1 aromatic heterocycles. The highest BCUT2D eigenvalue weighted by molar-refractivity contribution is 7.18. The standard InChI is InChI=1S/C18H14N2OS/c1-2-13-16(17-19-14-10-6-7-11-15(14)22-17)20(18(13)21)12-8-4-3-5-9-12/h2-11,13,16H,1H2/t13-,16+/m1/s1/i13D. The highest BCUT2D eigenvalue weighted by Crippen LogP contribution is 2.45. The average molecular weight is 307 g/mol. The Hall–Kier alpha value is -2.46. The van der Waals surface area contributed by atoms with Crippen LogP contribution in [-0.2, 0) is 4.79 Å². The fourth-order valence-corrected chi connectivity index (χ4v) is 3.83. The third-order valence-electron chi connectivity index (χ3n) is 3.82. The van der Waals surface area contributed by atoms with E-state index in [2.05, 4.69) is 11.6 Å². The van der Waals surface area contributed by atoms with Crippen LogP contribution in [0.1, 0.15) is 12.4 Å². The second kappa shape index (κ2) is 5.07. The Kier molecular flexibility index (Phi) is 2.79. The number of carbonyl (C=O) groups is 1. The molecule has 1 fully saturated rings. The van der Waals surface area contributed by atoms with E-state index in [0.717, 1.165) is 20.9 Å². The number of β-lactam (4-membered cyclic amide) rings is 1. The number of nitrogens with zero attached hydrogens (tertiary/aromatic N) is 2. The summed E-state index contributed by atoms with van der Waals surface area (Å²) >= 11 is 1.53. The van der Waals surface area contributed by atoms with Gasteiger partial charge in [-0.15, -0.1) is 17.9 Å². The van der Waals surface area contributed by atoms with Crippen LogP contribution >= 0.6 is 11.3 Å². The van der Waals surface area contributed by atoms with Crippen molar-refractivity contribution in [1.82, 2.24) is 4.98 Å². The van der Waals surface area contributed by atoms with Crippen molar-refractivity contribution in [3.8, 4) is 0 Å². The molecule has 108 valence electrons. The van der Waals surface area contributed by atoms with Crippen LogP contribution in [0.25, 0.3) is 10.2 Å². The van der Waals surface area contributed by atoms with Gasteiger partial charge in [-0.2, -0.15) is 0 Å². The van der Waals surface area contributed by atoms with Crippen molar-refractivity contribution in [2.24, 2.45) is 5.89 Å². The smallest absolute Gasteiger partial charge is 0.237 e. The van der Waals surface area contributed by atoms with Gasteiger partial charge in [0.2, 0.25) is 5.91 Å². The molecule has 1 aliphatic rings. The summed E-state index contributed by atoms with van der Waals surface area (Å²) in [5, 5.41) is 0.768. The predicted molar refractivity (Wildman–Crippen MR) is 90.0 cm³/mol. The summed E-state index contributed by atoms with van der Waals surface area (Å²) in [7, 11) is 0. The maximum Gasteiger partial charge on any atom is 0.237 e. The first-order valence-corrected chi connectivity index (χ1v) is 7.84. The quantitative estimate of drug-likeness (QED) is 0.537. The Balaban J connectivity index is 1.84. The molecule has 0 N–H and O–H groups in total. The molecule has 0 spiro atoms. The van der Waals surface area contributed by atoms with Crippen molar-refractivity contribution in [1.29, 1.82) is 0 Å². The molecule has 0 unspecified atom stereocenters. The number of carbonyl (C=O) groups excluding carboxylic acids is 1. The zero-order valence-corrected chi connectivity index (χ0v) is 12.6. The average Bonchev–Trinajstić information content (AvgIpc) is 3.01. The molecule has 4 rings (SSSR count). The zero-order chi connectivity index (χ0) is 16.0. The van der Waals surface area contributed by atoms with Crippen molar-refractivity contribution >= 4 is 33.1 Å². The highest BCUT2D eigenvalue weighted by atomic mass is 32.1. The SMILES string of the molecule is [2H][C@]1(C=C)C(=O)N(c2ccccc2)[C@@H]1c1nc2ccccc2s1. The lowest BCUT2D eigenvalue weighted by molar-refractivity contribution is -0.128. The molecular formula is C18H14N2OS. The summed E-state index contributed by atoms with van der Waals surface area (Å²) in [5.74, 6) is -1.62. The van der Waals surface area contributed by atoms with Crippen molar-refractivity contribution in [3.05, 3.63) is 72.3 Å². The van der Waals surface area contributed by atoms with Gasteiger partial charge < -0.3 is 4.90 Å². The van der Waals surface area contributed by atoms with E-state index in [0.29, 0.717) is 0 Å². The van der Waals surface area contributed by atoms with Gasteiger partial charge in [-0.05, 0) is 24.3 Å². The number of anilines is 1. The van der Waals surface area contributed by atoms with Crippen LogP contribution in [0, 0.1) is 5.89 Å². The van der Waals surface area contributed by atoms with E-state index >= 15 is 0 Å². The highest BCUT2D eigenvalue weighted by Gasteiger charge is 2.48. The number of thiazole rings is 1. The number of hydrogen-bond acceptors (Lipinski definition) is 3. The van der Waals surface area contributed by atoms with Crippen LogP contribution in [-0.4, -0.2) is 10.9 Å². The minimum Gasteiger partial charge on any atom is -0.301 e. The van der Waals surface area contributed by atoms with E-state index in [4.69, 9.17) is 1.37 Å². The molecule has 1 amide bonds. The minimum absolute atomic E-state index is 0.261. The Bertz CT molecular complexity index is 875. The number of benzene rings is 2. The molecule has 0 bridgehead atoms. The zero-order valence-electron chi connectivity index (χ0n) is 12.8. The lowest BCUT2D eigenvalue weighted by atomic mass is 9.87. The Morgan fingerprint density at radius 3 is 2.64 bits per heavy atom. The van der Waals surface area contributed by atoms with E-state index in [1.54, 1.807) is 4.90 Å². The summed E-state index contributed by atoms with van der Waals surface area (Å²) in [6.07, 6.45) is 1.42. The van der Waals surface area contributed by atoms with Gasteiger partial charge in [-0.3, -0.25) is 4.79 Å². The van der Waals surface area contributed by atoms with Gasteiger partial charge in [-0.1, -0.05) is 36.4 Å². The molecule has 3 nitrogen and oxygen atoms in total. The van der Waals surface area contributed by atoms with Crippen LogP contribution in [0.15, 0.2) is 67.3 Å². The molecule has 1 aliphatic heterocycles. The van der Waals surface area contributed by atoms with E-state index < -0.39 is 11.9 Å². The van der Waals surface area contributed by atoms with Crippen LogP contribution in [0.4, 0.5) is 5.69 Å². The van der Waals surface area contributed by atoms with E-state index in [9.17, 15) is 4.79 Å². The lowest BCUT2D eigenvalue weighted by Gasteiger charge is -2.44. The van der Waals surface area contributed by atoms with Crippen molar-refractivity contribution in [2.45, 2.75) is 6.04 Å². The molecule has 3 aromatic rings. The molecule has 22 heavy (non-hydrogen) atoms. The van der Waals surface area contributed by atoms with Gasteiger partial charge in [0, 0.05) is 7.06 Å². The Morgan fingerprint density at radius 1 is 1.18 bits per heavy atom. The maximum atomic E-state index is 12.6. The molecule has 2 aromatic carbocycles. The van der Waals surface area contributed by atoms with Crippen molar-refractivity contribution in [3.63, 3.8) is 0 Å². The van der Waals surface area contributed by atoms with Gasteiger partial charge in [0.05, 0.1) is 16.1 Å². The summed E-state index contributed by atoms with van der Waals surface area (Å²) in [4.78, 5) is 18.8. The third kappa shape index (κ3) is 1.88. The van der Waals surface area contributed by atoms with Crippen LogP contribution in [0.5, 0.6) is 0 Å². The van der Waals surface area contributed by atoms with Gasteiger partial charge in [0.1, 0.15) is 11.0 Å². The maximum absolute atomic E-state index is 12.6. The fourth-order valence-electron chi connectivity index (χ4n) is 2.75. The second-order valence-electron chi connectivity index (χ2n) is 5.09. The van der Waals surface area contributed by atoms with Crippen LogP contribution in [0.3, 0.4) is 0 Å². The number of rotatable bonds is 3. The predicted octanol–water partition coefficient (Wildman–Crippen LogP) is 4.19. The van der Waals surface area contributed by atoms with Gasteiger partial charge in [0.25, 0.3) is 0 Å². The largest absolute Gasteiger partial charge is 0.301 e. The summed E-state index contributed by atoms with van der Waals surface area (Å²) < 4.78 is 9.58. The molecule has 4 heteroatoms. The number of para-hydroxylation sites is 2. The normalized spacial score (nSPS) is 24.9. The van der Waals surface area contributed by atoms with E-state index in [1.807, 2.05) is 54.6 Å². The molecule has 1 saturated heterocycles. The van der Waals surface area contributed by atoms with Gasteiger partial charge >= 0.3 is 0 Å². The van der Waals surface area contributed by atoms with Gasteiger partial charge in [-0.25, -0.2) is 4.98 Å². The fraction of sp³-hybridized carbons (Fsp3) is 0.111. The first-order chi connectivity index (χ1) is 11.1. The molecule has 0 saturated carbocycles. The first-order valence-electron chi connectivity index (χ1n) is 7.53. The lowest BCUT2D eigenvalue weighted by Crippen LogP contribution is -2.54. The molecule has 0 radical (unpaired) electrons. The molecule has 2 atom stereocenters. The number of aromatic nitrogens is 1. The number of amides is 1. The van der Waals surface area contributed by atoms with Crippen LogP contribution < -0.4 is 4.90 Å². The molecule has 0 aliphatic carbocycles. The number of hydrogen-bond donors (Lipinski definition) is 0. The minimum atomic E-state index is -1.36. The summed E-state index contributed by atoms with van der Waals surface area (Å²) in [5.41, 5.74) is 1.68. The third-order valence-corrected chi connectivity index (χ3v) is 4.91. The van der Waals surface area contributed by atoms with Crippen LogP contribution in [0.2, 0.25) is 0 Å². The van der Waals surface area contributed by atoms with Crippen molar-refractivity contribution < 1.29 is 6.17 Å². The monoisotopic (exact) mass is 307 g/mol. The Morgan fingerprint density at radius 2 is 1.91 bits per heavy atom. The van der Waals surface area contributed by atoms with E-state index in [-0.39, 0.29) is 5.91 Å². The molecule has 2 heterocycles. The van der Waals surface area contributed by atoms with Crippen molar-refractivity contribution in [2.75, 3.05) is 4.90 Å². The topological polar surface area (TPSA) is 33.2 Å². The summed E-state index contributed by atoms with van der Waals surface area (Å²) in [6, 6.07) is 16.8. The summed E-state index contributed by atoms with van der Waals surface area (Å²) in [6.45, 7) is 3.70. The first kappa shape index (κ1) is 12.1. The molecular weight excluding hydrogens is 292 g/mol. The second-order valence-corrected chi connectivity index (χ2v) is 6.15. The Labute approximate surface area is 133 Å². The van der Waals surface area contributed by atoms with E-state index in [1.165, 1.54) is 17.4 Å².